The zero-order valence-electron chi connectivity index (χ0n) is 10.7. The van der Waals surface area contributed by atoms with Crippen molar-refractivity contribution in [3.05, 3.63) is 0 Å². The van der Waals surface area contributed by atoms with Crippen LogP contribution >= 0.6 is 0 Å². The van der Waals surface area contributed by atoms with Crippen LogP contribution in [0, 0.1) is 5.92 Å². The molecule has 0 bridgehead atoms. The van der Waals surface area contributed by atoms with Crippen molar-refractivity contribution < 1.29 is 13.2 Å². The summed E-state index contributed by atoms with van der Waals surface area (Å²) in [6.45, 7) is 6.12. The smallest absolute Gasteiger partial charge is 0.305 e. The van der Waals surface area contributed by atoms with Crippen LogP contribution in [0.1, 0.15) is 33.1 Å². The lowest BCUT2D eigenvalue weighted by atomic mass is 9.92. The first-order chi connectivity index (χ1) is 7.94. The molecule has 0 radical (unpaired) electrons. The highest BCUT2D eigenvalue weighted by Crippen LogP contribution is 2.21. The number of halogens is 3. The first kappa shape index (κ1) is 14.8. The van der Waals surface area contributed by atoms with E-state index in [9.17, 15) is 13.2 Å². The molecule has 17 heavy (non-hydrogen) atoms. The lowest BCUT2D eigenvalue weighted by Crippen LogP contribution is -2.51. The SMILES string of the molecule is CCCN1CC(CC)CC(NCC(F)(F)F)C1. The predicted molar refractivity (Wildman–Crippen MR) is 63.0 cm³/mol. The molecule has 0 saturated carbocycles. The van der Waals surface area contributed by atoms with Gasteiger partial charge in [-0.1, -0.05) is 20.3 Å². The fourth-order valence-electron chi connectivity index (χ4n) is 2.51. The van der Waals surface area contributed by atoms with Gasteiger partial charge >= 0.3 is 6.18 Å². The third-order valence-corrected chi connectivity index (χ3v) is 3.32. The van der Waals surface area contributed by atoms with Crippen molar-refractivity contribution in [1.29, 1.82) is 0 Å². The average molecular weight is 252 g/mol. The summed E-state index contributed by atoms with van der Waals surface area (Å²) in [4.78, 5) is 2.28. The largest absolute Gasteiger partial charge is 0.401 e. The van der Waals surface area contributed by atoms with Gasteiger partial charge in [0.1, 0.15) is 0 Å². The Morgan fingerprint density at radius 3 is 2.47 bits per heavy atom. The van der Waals surface area contributed by atoms with Crippen molar-refractivity contribution in [3.8, 4) is 0 Å². The Kier molecular flexibility index (Phi) is 5.73. The van der Waals surface area contributed by atoms with Crippen LogP contribution in [-0.4, -0.2) is 43.3 Å². The first-order valence-electron chi connectivity index (χ1n) is 6.47. The van der Waals surface area contributed by atoms with Gasteiger partial charge in [0.25, 0.3) is 0 Å². The maximum absolute atomic E-state index is 12.2. The summed E-state index contributed by atoms with van der Waals surface area (Å²) in [7, 11) is 0. The molecule has 2 nitrogen and oxygen atoms in total. The predicted octanol–water partition coefficient (Wildman–Crippen LogP) is 2.65. The minimum Gasteiger partial charge on any atom is -0.305 e. The summed E-state index contributed by atoms with van der Waals surface area (Å²) in [5.74, 6) is 0.529. The molecule has 5 heteroatoms. The van der Waals surface area contributed by atoms with E-state index >= 15 is 0 Å². The van der Waals surface area contributed by atoms with E-state index in [2.05, 4.69) is 24.1 Å². The second-order valence-electron chi connectivity index (χ2n) is 4.96. The van der Waals surface area contributed by atoms with Gasteiger partial charge in [-0.3, -0.25) is 0 Å². The zero-order chi connectivity index (χ0) is 12.9. The summed E-state index contributed by atoms with van der Waals surface area (Å²) in [6, 6.07) is -0.0122. The van der Waals surface area contributed by atoms with Gasteiger partial charge in [-0.25, -0.2) is 0 Å². The number of rotatable bonds is 5. The summed E-state index contributed by atoms with van der Waals surface area (Å²) in [6.07, 6.45) is -1.13. The van der Waals surface area contributed by atoms with Gasteiger partial charge in [0.05, 0.1) is 6.54 Å². The van der Waals surface area contributed by atoms with Gasteiger partial charge in [0.2, 0.25) is 0 Å². The third-order valence-electron chi connectivity index (χ3n) is 3.32. The van der Waals surface area contributed by atoms with Crippen molar-refractivity contribution in [2.24, 2.45) is 5.92 Å². The van der Waals surface area contributed by atoms with Crippen LogP contribution in [0.5, 0.6) is 0 Å². The molecule has 0 aromatic heterocycles. The van der Waals surface area contributed by atoms with Crippen LogP contribution in [0.15, 0.2) is 0 Å². The Balaban J connectivity index is 2.42. The summed E-state index contributed by atoms with van der Waals surface area (Å²) >= 11 is 0. The van der Waals surface area contributed by atoms with Crippen LogP contribution in [0.3, 0.4) is 0 Å². The molecule has 1 N–H and O–H groups in total. The average Bonchev–Trinajstić information content (AvgIpc) is 2.25. The van der Waals surface area contributed by atoms with Gasteiger partial charge < -0.3 is 10.2 Å². The van der Waals surface area contributed by atoms with E-state index in [4.69, 9.17) is 0 Å². The van der Waals surface area contributed by atoms with Crippen LogP contribution < -0.4 is 5.32 Å². The van der Waals surface area contributed by atoms with Gasteiger partial charge in [-0.2, -0.15) is 13.2 Å². The molecule has 0 aromatic carbocycles. The Hall–Kier alpha value is -0.290. The highest BCUT2D eigenvalue weighted by Gasteiger charge is 2.31. The summed E-state index contributed by atoms with van der Waals surface area (Å²) < 4.78 is 36.5. The molecule has 1 heterocycles. The standard InChI is InChI=1S/C12H23F3N2/c1-3-5-17-7-10(4-2)6-11(8-17)16-9-12(13,14)15/h10-11,16H,3-9H2,1-2H3. The highest BCUT2D eigenvalue weighted by molar-refractivity contribution is 4.83. The molecule has 1 rings (SSSR count). The Bertz CT molecular complexity index is 218. The quantitative estimate of drug-likeness (QED) is 0.809. The minimum atomic E-state index is -4.10. The van der Waals surface area contributed by atoms with Crippen molar-refractivity contribution in [2.45, 2.75) is 45.3 Å². The summed E-state index contributed by atoms with van der Waals surface area (Å²) in [5, 5.41) is 2.65. The Morgan fingerprint density at radius 1 is 1.24 bits per heavy atom. The van der Waals surface area contributed by atoms with E-state index in [1.54, 1.807) is 0 Å². The zero-order valence-corrected chi connectivity index (χ0v) is 10.7. The van der Waals surface area contributed by atoms with Crippen LogP contribution in [-0.2, 0) is 0 Å². The first-order valence-corrected chi connectivity index (χ1v) is 6.47. The van der Waals surface area contributed by atoms with E-state index in [-0.39, 0.29) is 6.04 Å². The van der Waals surface area contributed by atoms with Gasteiger partial charge in [0.15, 0.2) is 0 Å². The van der Waals surface area contributed by atoms with Crippen LogP contribution in [0.4, 0.5) is 13.2 Å². The molecule has 1 fully saturated rings. The second-order valence-corrected chi connectivity index (χ2v) is 4.96. The molecule has 1 saturated heterocycles. The number of nitrogens with one attached hydrogen (secondary N) is 1. The van der Waals surface area contributed by atoms with Crippen LogP contribution in [0.25, 0.3) is 0 Å². The van der Waals surface area contributed by atoms with Crippen molar-refractivity contribution in [3.63, 3.8) is 0 Å². The third kappa shape index (κ3) is 5.73. The van der Waals surface area contributed by atoms with Gasteiger partial charge in [-0.15, -0.1) is 0 Å². The number of alkyl halides is 3. The number of piperidine rings is 1. The molecular formula is C12H23F3N2. The second kappa shape index (κ2) is 6.59. The molecule has 0 amide bonds. The molecule has 1 aliphatic heterocycles. The molecule has 0 aromatic rings. The molecule has 0 spiro atoms. The monoisotopic (exact) mass is 252 g/mol. The minimum absolute atomic E-state index is 0.0122. The topological polar surface area (TPSA) is 15.3 Å². The maximum Gasteiger partial charge on any atom is 0.401 e. The van der Waals surface area contributed by atoms with Crippen molar-refractivity contribution >= 4 is 0 Å². The molecular weight excluding hydrogens is 229 g/mol. The fourth-order valence-corrected chi connectivity index (χ4v) is 2.51. The molecule has 102 valence electrons. The normalized spacial score (nSPS) is 27.4. The lowest BCUT2D eigenvalue weighted by molar-refractivity contribution is -0.127. The lowest BCUT2D eigenvalue weighted by Gasteiger charge is -2.38. The number of likely N-dealkylation sites (tertiary alicyclic amines) is 1. The van der Waals surface area contributed by atoms with Crippen molar-refractivity contribution in [1.82, 2.24) is 10.2 Å². The van der Waals surface area contributed by atoms with E-state index in [0.717, 1.165) is 38.9 Å². The maximum atomic E-state index is 12.2. The molecule has 2 atom stereocenters. The number of hydrogen-bond donors (Lipinski definition) is 1. The molecule has 1 aliphatic rings. The highest BCUT2D eigenvalue weighted by atomic mass is 19.4. The van der Waals surface area contributed by atoms with Crippen LogP contribution in [0.2, 0.25) is 0 Å². The van der Waals surface area contributed by atoms with Gasteiger partial charge in [-0.05, 0) is 25.3 Å². The number of hydrogen-bond acceptors (Lipinski definition) is 2. The Labute approximate surface area is 102 Å². The van der Waals surface area contributed by atoms with E-state index < -0.39 is 12.7 Å². The van der Waals surface area contributed by atoms with Gasteiger partial charge in [0, 0.05) is 19.1 Å². The molecule has 0 aliphatic carbocycles. The van der Waals surface area contributed by atoms with E-state index in [0.29, 0.717) is 5.92 Å². The fraction of sp³-hybridized carbons (Fsp3) is 1.00. The van der Waals surface area contributed by atoms with E-state index in [1.165, 1.54) is 0 Å². The van der Waals surface area contributed by atoms with Crippen molar-refractivity contribution in [2.75, 3.05) is 26.2 Å². The van der Waals surface area contributed by atoms with E-state index in [1.807, 2.05) is 0 Å². The number of nitrogens with zero attached hydrogens (tertiary/aromatic N) is 1. The summed E-state index contributed by atoms with van der Waals surface area (Å²) in [5.41, 5.74) is 0. The molecule has 2 unspecified atom stereocenters. The Morgan fingerprint density at radius 2 is 1.94 bits per heavy atom.